The lowest BCUT2D eigenvalue weighted by Gasteiger charge is -2.06. The molecule has 0 spiro atoms. The second-order valence-corrected chi connectivity index (χ2v) is 4.91. The van der Waals surface area contributed by atoms with Gasteiger partial charge >= 0.3 is 0 Å². The molecular weight excluding hydrogens is 274 g/mol. The molecule has 0 saturated heterocycles. The van der Waals surface area contributed by atoms with E-state index in [1.54, 1.807) is 18.5 Å². The number of hydrogen-bond donors (Lipinski definition) is 1. The van der Waals surface area contributed by atoms with Crippen molar-refractivity contribution in [3.63, 3.8) is 0 Å². The van der Waals surface area contributed by atoms with E-state index in [2.05, 4.69) is 15.5 Å². The van der Waals surface area contributed by atoms with Gasteiger partial charge in [-0.1, -0.05) is 42.5 Å². The number of fused-ring (bicyclic) bond motifs is 1. The quantitative estimate of drug-likeness (QED) is 0.593. The van der Waals surface area contributed by atoms with Gasteiger partial charge in [-0.3, -0.25) is 9.78 Å². The first-order valence-corrected chi connectivity index (χ1v) is 6.98. The van der Waals surface area contributed by atoms with Crippen molar-refractivity contribution in [3.8, 4) is 0 Å². The highest BCUT2D eigenvalue weighted by Crippen LogP contribution is 2.18. The third-order valence-corrected chi connectivity index (χ3v) is 3.44. The summed E-state index contributed by atoms with van der Waals surface area (Å²) in [4.78, 5) is 16.4. The molecule has 3 rings (SSSR count). The largest absolute Gasteiger partial charge is 0.272 e. The molecule has 0 aliphatic carbocycles. The SMILES string of the molecule is C/C(=N/NC(=O)c1cccc2ccccc12)c1cccnc1. The number of rotatable bonds is 3. The van der Waals surface area contributed by atoms with Crippen LogP contribution in [0.4, 0.5) is 0 Å². The molecule has 0 saturated carbocycles. The number of carbonyl (C=O) groups excluding carboxylic acids is 1. The molecule has 4 nitrogen and oxygen atoms in total. The number of nitrogens with one attached hydrogen (secondary N) is 1. The second-order valence-electron chi connectivity index (χ2n) is 4.91. The molecule has 1 amide bonds. The van der Waals surface area contributed by atoms with Crippen LogP contribution in [0.15, 0.2) is 72.1 Å². The minimum absolute atomic E-state index is 0.222. The second kappa shape index (κ2) is 6.18. The third-order valence-electron chi connectivity index (χ3n) is 3.44. The van der Waals surface area contributed by atoms with Gasteiger partial charge in [-0.15, -0.1) is 0 Å². The summed E-state index contributed by atoms with van der Waals surface area (Å²) in [5.74, 6) is -0.222. The van der Waals surface area contributed by atoms with Gasteiger partial charge in [0.05, 0.1) is 5.71 Å². The Balaban J connectivity index is 1.85. The van der Waals surface area contributed by atoms with Crippen LogP contribution in [0.5, 0.6) is 0 Å². The van der Waals surface area contributed by atoms with Gasteiger partial charge in [0.15, 0.2) is 0 Å². The van der Waals surface area contributed by atoms with Crippen molar-refractivity contribution in [2.75, 3.05) is 0 Å². The van der Waals surface area contributed by atoms with E-state index < -0.39 is 0 Å². The Morgan fingerprint density at radius 3 is 2.68 bits per heavy atom. The molecule has 0 atom stereocenters. The minimum Gasteiger partial charge on any atom is -0.267 e. The maximum atomic E-state index is 12.4. The highest BCUT2D eigenvalue weighted by atomic mass is 16.2. The van der Waals surface area contributed by atoms with Gasteiger partial charge in [0.1, 0.15) is 0 Å². The summed E-state index contributed by atoms with van der Waals surface area (Å²) < 4.78 is 0. The van der Waals surface area contributed by atoms with E-state index in [0.29, 0.717) is 11.3 Å². The van der Waals surface area contributed by atoms with Crippen molar-refractivity contribution in [1.29, 1.82) is 0 Å². The van der Waals surface area contributed by atoms with Crippen molar-refractivity contribution in [1.82, 2.24) is 10.4 Å². The standard InChI is InChI=1S/C18H15N3O/c1-13(15-8-5-11-19-12-15)20-21-18(22)17-10-4-7-14-6-2-3-9-16(14)17/h2-12H,1H3,(H,21,22)/b20-13-. The first-order chi connectivity index (χ1) is 10.8. The maximum absolute atomic E-state index is 12.4. The van der Waals surface area contributed by atoms with Gasteiger partial charge in [0.25, 0.3) is 5.91 Å². The van der Waals surface area contributed by atoms with Crippen LogP contribution in [0.2, 0.25) is 0 Å². The fraction of sp³-hybridized carbons (Fsp3) is 0.0556. The van der Waals surface area contributed by atoms with E-state index in [1.807, 2.05) is 55.5 Å². The average Bonchev–Trinajstić information content (AvgIpc) is 2.59. The van der Waals surface area contributed by atoms with Crippen LogP contribution >= 0.6 is 0 Å². The van der Waals surface area contributed by atoms with Crippen molar-refractivity contribution >= 4 is 22.4 Å². The van der Waals surface area contributed by atoms with Gasteiger partial charge in [-0.05, 0) is 29.8 Å². The molecule has 2 aromatic carbocycles. The average molecular weight is 289 g/mol. The van der Waals surface area contributed by atoms with Gasteiger partial charge in [-0.2, -0.15) is 5.10 Å². The van der Waals surface area contributed by atoms with Crippen LogP contribution in [-0.4, -0.2) is 16.6 Å². The number of nitrogens with zero attached hydrogens (tertiary/aromatic N) is 2. The van der Waals surface area contributed by atoms with Gasteiger partial charge < -0.3 is 0 Å². The van der Waals surface area contributed by atoms with E-state index in [9.17, 15) is 4.79 Å². The molecule has 0 bridgehead atoms. The zero-order chi connectivity index (χ0) is 15.4. The van der Waals surface area contributed by atoms with Gasteiger partial charge in [-0.25, -0.2) is 5.43 Å². The van der Waals surface area contributed by atoms with Crippen LogP contribution in [-0.2, 0) is 0 Å². The molecule has 1 aromatic heterocycles. The van der Waals surface area contributed by atoms with E-state index >= 15 is 0 Å². The van der Waals surface area contributed by atoms with E-state index in [4.69, 9.17) is 0 Å². The van der Waals surface area contributed by atoms with Crippen molar-refractivity contribution in [2.45, 2.75) is 6.92 Å². The minimum atomic E-state index is -0.222. The lowest BCUT2D eigenvalue weighted by Crippen LogP contribution is -2.19. The molecule has 1 N–H and O–H groups in total. The molecule has 1 heterocycles. The first kappa shape index (κ1) is 13.9. The Hall–Kier alpha value is -3.01. The molecule has 0 fully saturated rings. The number of pyridine rings is 1. The molecule has 0 aliphatic rings. The number of carbonyl (C=O) groups is 1. The predicted molar refractivity (Wildman–Crippen MR) is 87.9 cm³/mol. The van der Waals surface area contributed by atoms with Crippen LogP contribution < -0.4 is 5.43 Å². The number of benzene rings is 2. The summed E-state index contributed by atoms with van der Waals surface area (Å²) in [6.07, 6.45) is 3.41. The summed E-state index contributed by atoms with van der Waals surface area (Å²) in [5.41, 5.74) is 4.81. The molecule has 22 heavy (non-hydrogen) atoms. The summed E-state index contributed by atoms with van der Waals surface area (Å²) in [7, 11) is 0. The zero-order valence-electron chi connectivity index (χ0n) is 12.2. The Morgan fingerprint density at radius 1 is 1.05 bits per heavy atom. The fourth-order valence-electron chi connectivity index (χ4n) is 2.26. The molecule has 4 heteroatoms. The van der Waals surface area contributed by atoms with Crippen LogP contribution in [0, 0.1) is 0 Å². The Morgan fingerprint density at radius 2 is 1.86 bits per heavy atom. The lowest BCUT2D eigenvalue weighted by atomic mass is 10.0. The van der Waals surface area contributed by atoms with Crippen molar-refractivity contribution in [3.05, 3.63) is 78.1 Å². The molecule has 0 radical (unpaired) electrons. The van der Waals surface area contributed by atoms with Crippen molar-refractivity contribution < 1.29 is 4.79 Å². The Kier molecular flexibility index (Phi) is 3.92. The number of amides is 1. The molecule has 0 unspecified atom stereocenters. The zero-order valence-corrected chi connectivity index (χ0v) is 12.2. The van der Waals surface area contributed by atoms with Crippen LogP contribution in [0.25, 0.3) is 10.8 Å². The predicted octanol–water partition coefficient (Wildman–Crippen LogP) is 3.39. The Bertz CT molecular complexity index is 836. The number of hydrazone groups is 1. The summed E-state index contributed by atoms with van der Waals surface area (Å²) in [6.45, 7) is 1.83. The smallest absolute Gasteiger partial charge is 0.267 e. The Labute approximate surface area is 128 Å². The van der Waals surface area contributed by atoms with E-state index in [0.717, 1.165) is 16.3 Å². The van der Waals surface area contributed by atoms with E-state index in [-0.39, 0.29) is 5.91 Å². The first-order valence-electron chi connectivity index (χ1n) is 6.98. The highest BCUT2D eigenvalue weighted by molar-refractivity contribution is 6.07. The summed E-state index contributed by atoms with van der Waals surface area (Å²) in [5, 5.41) is 6.10. The van der Waals surface area contributed by atoms with Crippen molar-refractivity contribution in [2.24, 2.45) is 5.10 Å². The monoisotopic (exact) mass is 289 g/mol. The van der Waals surface area contributed by atoms with Crippen LogP contribution in [0.3, 0.4) is 0 Å². The summed E-state index contributed by atoms with van der Waals surface area (Å²) >= 11 is 0. The molecule has 108 valence electrons. The number of aromatic nitrogens is 1. The fourth-order valence-corrected chi connectivity index (χ4v) is 2.26. The molecular formula is C18H15N3O. The number of hydrogen-bond acceptors (Lipinski definition) is 3. The maximum Gasteiger partial charge on any atom is 0.272 e. The highest BCUT2D eigenvalue weighted by Gasteiger charge is 2.09. The molecule has 0 aliphatic heterocycles. The topological polar surface area (TPSA) is 54.4 Å². The van der Waals surface area contributed by atoms with Crippen LogP contribution in [0.1, 0.15) is 22.8 Å². The van der Waals surface area contributed by atoms with Gasteiger partial charge in [0.2, 0.25) is 0 Å². The lowest BCUT2D eigenvalue weighted by molar-refractivity contribution is 0.0956. The third kappa shape index (κ3) is 2.86. The summed E-state index contributed by atoms with van der Waals surface area (Å²) in [6, 6.07) is 17.2. The van der Waals surface area contributed by atoms with Gasteiger partial charge in [0, 0.05) is 23.5 Å². The normalized spacial score (nSPS) is 11.4. The van der Waals surface area contributed by atoms with E-state index in [1.165, 1.54) is 0 Å². The molecule has 3 aromatic rings.